The van der Waals surface area contributed by atoms with Crippen molar-refractivity contribution >= 4 is 22.7 Å². The minimum atomic E-state index is -2.08. The Morgan fingerprint density at radius 2 is 2.35 bits per heavy atom. The highest BCUT2D eigenvalue weighted by Crippen LogP contribution is 2.39. The van der Waals surface area contributed by atoms with E-state index in [1.807, 2.05) is 0 Å². The molecule has 0 aromatic heterocycles. The van der Waals surface area contributed by atoms with E-state index in [1.165, 1.54) is 12.5 Å². The molecule has 0 spiro atoms. The predicted molar refractivity (Wildman–Crippen MR) is 71.4 cm³/mol. The average Bonchev–Trinajstić information content (AvgIpc) is 2.78. The van der Waals surface area contributed by atoms with Crippen LogP contribution < -0.4 is 0 Å². The van der Waals surface area contributed by atoms with Crippen LogP contribution in [0.2, 0.25) is 0 Å². The minimum absolute atomic E-state index is 0.238. The highest BCUT2D eigenvalue weighted by Gasteiger charge is 2.22. The van der Waals surface area contributed by atoms with Crippen LogP contribution in [-0.4, -0.2) is 27.2 Å². The molecule has 1 unspecified atom stereocenters. The normalized spacial score (nSPS) is 12.9. The van der Waals surface area contributed by atoms with Gasteiger partial charge in [-0.3, -0.25) is 0 Å². The zero-order valence-corrected chi connectivity index (χ0v) is 11.4. The van der Waals surface area contributed by atoms with Gasteiger partial charge in [-0.25, -0.2) is 9.00 Å². The molecule has 20 heavy (non-hydrogen) atoms. The molecule has 0 amide bonds. The summed E-state index contributed by atoms with van der Waals surface area (Å²) in [7, 11) is 0. The van der Waals surface area contributed by atoms with Crippen molar-refractivity contribution in [3.05, 3.63) is 30.2 Å². The molecule has 2 rings (SSSR count). The standard InChI is InChI=1S/C12H12N2O5S/c1-2-19-12(15)10-5-8-6-18-4-3-9(8)11(10)14-13-7-20(16)17/h3-6H,2,7H2,1H3,(H,16,17). The molecule has 1 N–H and O–H groups in total. The van der Waals surface area contributed by atoms with Gasteiger partial charge in [-0.15, -0.1) is 0 Å². The summed E-state index contributed by atoms with van der Waals surface area (Å²) in [5, 5.41) is 7.47. The number of hydrogen-bond donors (Lipinski definition) is 1. The quantitative estimate of drug-likeness (QED) is 0.519. The summed E-state index contributed by atoms with van der Waals surface area (Å²) in [6, 6.07) is 3.23. The smallest absolute Gasteiger partial charge is 0.340 e. The molecule has 0 aromatic carbocycles. The monoisotopic (exact) mass is 296 g/mol. The van der Waals surface area contributed by atoms with E-state index in [4.69, 9.17) is 13.7 Å². The maximum absolute atomic E-state index is 11.9. The van der Waals surface area contributed by atoms with E-state index in [9.17, 15) is 9.00 Å². The van der Waals surface area contributed by atoms with Crippen molar-refractivity contribution < 1.29 is 22.7 Å². The van der Waals surface area contributed by atoms with Gasteiger partial charge in [0.25, 0.3) is 0 Å². The van der Waals surface area contributed by atoms with Gasteiger partial charge in [0, 0.05) is 11.1 Å². The molecule has 0 aromatic rings. The molecule has 0 saturated carbocycles. The second-order valence-electron chi connectivity index (χ2n) is 3.74. The largest absolute Gasteiger partial charge is 0.472 e. The van der Waals surface area contributed by atoms with Gasteiger partial charge in [0.15, 0.2) is 17.0 Å². The maximum Gasteiger partial charge on any atom is 0.340 e. The van der Waals surface area contributed by atoms with Crippen molar-refractivity contribution in [1.82, 2.24) is 0 Å². The Balaban J connectivity index is 2.44. The van der Waals surface area contributed by atoms with E-state index in [0.29, 0.717) is 16.8 Å². The molecule has 1 aliphatic carbocycles. The number of azo groups is 1. The van der Waals surface area contributed by atoms with Crippen LogP contribution in [0, 0.1) is 0 Å². The van der Waals surface area contributed by atoms with Crippen LogP contribution >= 0.6 is 0 Å². The van der Waals surface area contributed by atoms with Gasteiger partial charge in [0.2, 0.25) is 0 Å². The molecule has 2 aliphatic rings. The fraction of sp³-hybridized carbons (Fsp3) is 0.250. The molecule has 1 heterocycles. The first kappa shape index (κ1) is 14.4. The molecule has 0 fully saturated rings. The second-order valence-corrected chi connectivity index (χ2v) is 4.65. The summed E-state index contributed by atoms with van der Waals surface area (Å²) >= 11 is -2.08. The van der Waals surface area contributed by atoms with Crippen LogP contribution in [0.3, 0.4) is 0 Å². The van der Waals surface area contributed by atoms with Crippen molar-refractivity contribution in [2.24, 2.45) is 10.2 Å². The number of hydrogen-bond acceptors (Lipinski definition) is 6. The molecule has 106 valence electrons. The van der Waals surface area contributed by atoms with Crippen molar-refractivity contribution in [2.45, 2.75) is 6.92 Å². The molecule has 7 nitrogen and oxygen atoms in total. The molecule has 1 aliphatic heterocycles. The molecular weight excluding hydrogens is 284 g/mol. The Hall–Kier alpha value is -2.06. The third-order valence-electron chi connectivity index (χ3n) is 2.46. The first-order chi connectivity index (χ1) is 9.63. The molecule has 0 bridgehead atoms. The number of esters is 1. The molecular formula is C12H12N2O5S. The Morgan fingerprint density at radius 3 is 3.05 bits per heavy atom. The van der Waals surface area contributed by atoms with E-state index in [-0.39, 0.29) is 18.0 Å². The molecule has 8 heteroatoms. The third kappa shape index (κ3) is 3.09. The minimum Gasteiger partial charge on any atom is -0.472 e. The van der Waals surface area contributed by atoms with Crippen molar-refractivity contribution in [3.63, 3.8) is 0 Å². The maximum atomic E-state index is 11.9. The van der Waals surface area contributed by atoms with Crippen LogP contribution in [0.15, 0.2) is 39.3 Å². The zero-order chi connectivity index (χ0) is 14.5. The lowest BCUT2D eigenvalue weighted by molar-refractivity contribution is 0.0528. The van der Waals surface area contributed by atoms with E-state index in [1.54, 1.807) is 19.1 Å². The molecule has 0 saturated heterocycles. The summed E-state index contributed by atoms with van der Waals surface area (Å²) in [5.74, 6) is -0.880. The van der Waals surface area contributed by atoms with E-state index in [2.05, 4.69) is 10.2 Å². The summed E-state index contributed by atoms with van der Waals surface area (Å²) in [4.78, 5) is 11.9. The number of carbonyl (C=O) groups is 1. The van der Waals surface area contributed by atoms with Crippen LogP contribution in [0.4, 0.5) is 5.69 Å². The van der Waals surface area contributed by atoms with Gasteiger partial charge in [-0.2, -0.15) is 10.2 Å². The lowest BCUT2D eigenvalue weighted by atomic mass is 10.2. The third-order valence-corrected chi connectivity index (χ3v) is 2.80. The van der Waals surface area contributed by atoms with Crippen LogP contribution in [0.5, 0.6) is 0 Å². The van der Waals surface area contributed by atoms with E-state index < -0.39 is 17.0 Å². The number of fused-ring (bicyclic) bond motifs is 1. The summed E-state index contributed by atoms with van der Waals surface area (Å²) in [6.07, 6.45) is 2.92. The predicted octanol–water partition coefficient (Wildman–Crippen LogP) is 2.82. The SMILES string of the molecule is CCOC(=O)c1cc2coccc-2c1N=NCS(=O)O. The van der Waals surface area contributed by atoms with E-state index in [0.717, 1.165) is 0 Å². The first-order valence-corrected chi connectivity index (χ1v) is 7.02. The Morgan fingerprint density at radius 1 is 1.55 bits per heavy atom. The summed E-state index contributed by atoms with van der Waals surface area (Å²) < 4.78 is 29.2. The van der Waals surface area contributed by atoms with Crippen molar-refractivity contribution in [2.75, 3.05) is 12.5 Å². The fourth-order valence-electron chi connectivity index (χ4n) is 1.70. The van der Waals surface area contributed by atoms with Gasteiger partial charge in [0.1, 0.15) is 5.69 Å². The molecule has 1 atom stereocenters. The number of ether oxygens (including phenoxy) is 1. The first-order valence-electron chi connectivity index (χ1n) is 5.74. The lowest BCUT2D eigenvalue weighted by Crippen LogP contribution is -2.03. The highest BCUT2D eigenvalue weighted by molar-refractivity contribution is 7.79. The zero-order valence-electron chi connectivity index (χ0n) is 10.6. The average molecular weight is 296 g/mol. The number of carbonyl (C=O) groups excluding carboxylic acids is 1. The van der Waals surface area contributed by atoms with Gasteiger partial charge < -0.3 is 13.7 Å². The van der Waals surface area contributed by atoms with E-state index >= 15 is 0 Å². The number of rotatable bonds is 5. The molecule has 0 radical (unpaired) electrons. The highest BCUT2D eigenvalue weighted by atomic mass is 32.2. The Kier molecular flexibility index (Phi) is 4.59. The van der Waals surface area contributed by atoms with Crippen LogP contribution in [0.1, 0.15) is 17.3 Å². The van der Waals surface area contributed by atoms with Gasteiger partial charge in [-0.1, -0.05) is 0 Å². The summed E-state index contributed by atoms with van der Waals surface area (Å²) in [6.45, 7) is 1.94. The van der Waals surface area contributed by atoms with Gasteiger partial charge in [0.05, 0.1) is 24.7 Å². The van der Waals surface area contributed by atoms with Crippen LogP contribution in [0.25, 0.3) is 11.1 Å². The fourth-order valence-corrected chi connectivity index (χ4v) is 1.85. The van der Waals surface area contributed by atoms with Crippen LogP contribution in [-0.2, 0) is 15.8 Å². The lowest BCUT2D eigenvalue weighted by Gasteiger charge is -2.01. The number of nitrogens with zero attached hydrogens (tertiary/aromatic N) is 2. The van der Waals surface area contributed by atoms with Crippen molar-refractivity contribution in [1.29, 1.82) is 0 Å². The van der Waals surface area contributed by atoms with Gasteiger partial charge >= 0.3 is 5.97 Å². The Bertz CT molecular complexity index is 637. The van der Waals surface area contributed by atoms with Crippen molar-refractivity contribution in [3.8, 4) is 11.1 Å². The second kappa shape index (κ2) is 6.40. The Labute approximate surface area is 117 Å². The topological polar surface area (TPSA) is 101 Å². The summed E-state index contributed by atoms with van der Waals surface area (Å²) in [5.41, 5.74) is 1.89. The van der Waals surface area contributed by atoms with Gasteiger partial charge in [-0.05, 0) is 19.1 Å².